The fraction of sp³-hybridized carbons (Fsp3) is 0.158. The zero-order chi connectivity index (χ0) is 16.5. The maximum Gasteiger partial charge on any atom is 0.252 e. The zero-order valence-electron chi connectivity index (χ0n) is 12.8. The van der Waals surface area contributed by atoms with Crippen molar-refractivity contribution in [1.82, 2.24) is 10.3 Å². The van der Waals surface area contributed by atoms with E-state index in [0.717, 1.165) is 32.3 Å². The van der Waals surface area contributed by atoms with E-state index >= 15 is 0 Å². The van der Waals surface area contributed by atoms with Gasteiger partial charge in [-0.15, -0.1) is 11.3 Å². The third kappa shape index (κ3) is 2.83. The van der Waals surface area contributed by atoms with Gasteiger partial charge in [0.1, 0.15) is 0 Å². The largest absolute Gasteiger partial charge is 0.352 e. The Morgan fingerprint density at radius 1 is 1.12 bits per heavy atom. The number of carbonyl (C=O) groups is 1. The number of fused-ring (bicyclic) bond motifs is 1. The van der Waals surface area contributed by atoms with Crippen molar-refractivity contribution in [2.75, 3.05) is 6.54 Å². The monoisotopic (exact) mass is 354 g/mol. The van der Waals surface area contributed by atoms with Crippen LogP contribution in [0.4, 0.5) is 0 Å². The molecule has 1 N–H and O–H groups in total. The molecule has 1 aliphatic heterocycles. The second kappa shape index (κ2) is 6.38. The topological polar surface area (TPSA) is 42.0 Å². The molecule has 0 saturated carbocycles. The number of aromatic nitrogens is 1. The van der Waals surface area contributed by atoms with Gasteiger partial charge in [0.15, 0.2) is 0 Å². The maximum absolute atomic E-state index is 12.4. The van der Waals surface area contributed by atoms with Crippen LogP contribution in [0, 0.1) is 0 Å². The van der Waals surface area contributed by atoms with E-state index < -0.39 is 0 Å². The number of halogens is 1. The lowest BCUT2D eigenvalue weighted by atomic mass is 9.93. The third-order valence-electron chi connectivity index (χ3n) is 4.28. The van der Waals surface area contributed by atoms with Crippen molar-refractivity contribution in [3.05, 3.63) is 75.9 Å². The molecule has 3 aromatic rings. The Balaban J connectivity index is 1.82. The molecular formula is C19H15ClN2OS. The van der Waals surface area contributed by atoms with Crippen LogP contribution >= 0.6 is 22.9 Å². The first kappa shape index (κ1) is 15.4. The van der Waals surface area contributed by atoms with E-state index in [0.29, 0.717) is 6.54 Å². The van der Waals surface area contributed by atoms with Gasteiger partial charge in [-0.3, -0.25) is 9.78 Å². The molecule has 1 unspecified atom stereocenters. The van der Waals surface area contributed by atoms with Gasteiger partial charge in [-0.1, -0.05) is 23.7 Å². The van der Waals surface area contributed by atoms with Crippen LogP contribution in [-0.4, -0.2) is 17.4 Å². The highest BCUT2D eigenvalue weighted by Crippen LogP contribution is 2.41. The van der Waals surface area contributed by atoms with Crippen LogP contribution in [0.2, 0.25) is 5.02 Å². The number of nitrogens with zero attached hydrogens (tertiary/aromatic N) is 1. The maximum atomic E-state index is 12.4. The molecule has 1 amide bonds. The van der Waals surface area contributed by atoms with Crippen LogP contribution in [0.5, 0.6) is 0 Å². The summed E-state index contributed by atoms with van der Waals surface area (Å²) in [5.74, 6) is 0.217. The summed E-state index contributed by atoms with van der Waals surface area (Å²) in [6, 6.07) is 13.9. The predicted octanol–water partition coefficient (Wildman–Crippen LogP) is 4.73. The van der Waals surface area contributed by atoms with E-state index in [1.165, 1.54) is 5.56 Å². The van der Waals surface area contributed by atoms with E-state index in [2.05, 4.69) is 22.4 Å². The summed E-state index contributed by atoms with van der Waals surface area (Å²) in [7, 11) is 0. The Hall–Kier alpha value is -2.17. The highest BCUT2D eigenvalue weighted by molar-refractivity contribution is 7.16. The molecule has 0 bridgehead atoms. The summed E-state index contributed by atoms with van der Waals surface area (Å²) in [4.78, 5) is 18.7. The van der Waals surface area contributed by atoms with Gasteiger partial charge >= 0.3 is 0 Å². The van der Waals surface area contributed by atoms with Gasteiger partial charge in [0.2, 0.25) is 0 Å². The standard InChI is InChI=1S/C19H15ClN2OS/c20-14-3-1-12(2-4-14)15-7-10-22-19(23)16-11-17(24-18(15)16)13-5-8-21-9-6-13/h1-6,8-9,11,15H,7,10H2,(H,22,23). The third-order valence-corrected chi connectivity index (χ3v) is 5.83. The molecule has 24 heavy (non-hydrogen) atoms. The molecule has 2 aromatic heterocycles. The summed E-state index contributed by atoms with van der Waals surface area (Å²) in [5, 5.41) is 3.73. The van der Waals surface area contributed by atoms with Crippen LogP contribution in [-0.2, 0) is 0 Å². The van der Waals surface area contributed by atoms with Crippen molar-refractivity contribution in [2.24, 2.45) is 0 Å². The normalized spacial score (nSPS) is 17.0. The van der Waals surface area contributed by atoms with Gasteiger partial charge in [-0.25, -0.2) is 0 Å². The molecule has 3 nitrogen and oxygen atoms in total. The van der Waals surface area contributed by atoms with E-state index in [1.54, 1.807) is 23.7 Å². The number of thiophene rings is 1. The minimum atomic E-state index is 0.0121. The zero-order valence-corrected chi connectivity index (χ0v) is 14.4. The molecule has 120 valence electrons. The van der Waals surface area contributed by atoms with Gasteiger partial charge in [0, 0.05) is 39.6 Å². The minimum absolute atomic E-state index is 0.0121. The van der Waals surface area contributed by atoms with Crippen LogP contribution < -0.4 is 5.32 Å². The van der Waals surface area contributed by atoms with Crippen molar-refractivity contribution >= 4 is 28.8 Å². The Kier molecular flexibility index (Phi) is 4.08. The van der Waals surface area contributed by atoms with Crippen LogP contribution in [0.1, 0.15) is 33.1 Å². The fourth-order valence-corrected chi connectivity index (χ4v) is 4.52. The molecule has 0 saturated heterocycles. The second-order valence-electron chi connectivity index (χ2n) is 5.77. The average Bonchev–Trinajstić information content (AvgIpc) is 2.99. The van der Waals surface area contributed by atoms with Gasteiger partial charge < -0.3 is 5.32 Å². The molecule has 0 spiro atoms. The summed E-state index contributed by atoms with van der Waals surface area (Å²) < 4.78 is 0. The molecular weight excluding hydrogens is 340 g/mol. The molecule has 3 heterocycles. The number of hydrogen-bond donors (Lipinski definition) is 1. The first-order valence-electron chi connectivity index (χ1n) is 7.80. The Labute approximate surface area is 149 Å². The number of amides is 1. The molecule has 1 atom stereocenters. The van der Waals surface area contributed by atoms with Crippen LogP contribution in [0.25, 0.3) is 10.4 Å². The molecule has 4 rings (SSSR count). The van der Waals surface area contributed by atoms with Crippen molar-refractivity contribution in [3.63, 3.8) is 0 Å². The molecule has 5 heteroatoms. The van der Waals surface area contributed by atoms with Crippen molar-refractivity contribution in [2.45, 2.75) is 12.3 Å². The van der Waals surface area contributed by atoms with Crippen LogP contribution in [0.3, 0.4) is 0 Å². The first-order valence-corrected chi connectivity index (χ1v) is 8.99. The first-order chi connectivity index (χ1) is 11.7. The van der Waals surface area contributed by atoms with E-state index in [-0.39, 0.29) is 11.8 Å². The average molecular weight is 355 g/mol. The van der Waals surface area contributed by atoms with Crippen molar-refractivity contribution in [1.29, 1.82) is 0 Å². The Morgan fingerprint density at radius 3 is 2.62 bits per heavy atom. The lowest BCUT2D eigenvalue weighted by Gasteiger charge is -2.14. The number of pyridine rings is 1. The number of nitrogens with one attached hydrogen (secondary N) is 1. The smallest absolute Gasteiger partial charge is 0.252 e. The summed E-state index contributed by atoms with van der Waals surface area (Å²) in [6.45, 7) is 0.679. The highest BCUT2D eigenvalue weighted by Gasteiger charge is 2.27. The quantitative estimate of drug-likeness (QED) is 0.723. The lowest BCUT2D eigenvalue weighted by molar-refractivity contribution is 0.0956. The van der Waals surface area contributed by atoms with E-state index in [4.69, 9.17) is 11.6 Å². The number of rotatable bonds is 2. The Bertz CT molecular complexity index is 874. The van der Waals surface area contributed by atoms with Gasteiger partial charge in [0.05, 0.1) is 5.56 Å². The van der Waals surface area contributed by atoms with Gasteiger partial charge in [-0.05, 0) is 47.9 Å². The number of carbonyl (C=O) groups excluding carboxylic acids is 1. The number of hydrogen-bond acceptors (Lipinski definition) is 3. The van der Waals surface area contributed by atoms with Crippen molar-refractivity contribution < 1.29 is 4.79 Å². The van der Waals surface area contributed by atoms with Crippen molar-refractivity contribution in [3.8, 4) is 10.4 Å². The predicted molar refractivity (Wildman–Crippen MR) is 97.8 cm³/mol. The molecule has 1 aliphatic rings. The molecule has 0 radical (unpaired) electrons. The summed E-state index contributed by atoms with van der Waals surface area (Å²) in [5.41, 5.74) is 3.07. The van der Waals surface area contributed by atoms with E-state index in [9.17, 15) is 4.79 Å². The Morgan fingerprint density at radius 2 is 1.88 bits per heavy atom. The lowest BCUT2D eigenvalue weighted by Crippen LogP contribution is -2.22. The van der Waals surface area contributed by atoms with Crippen LogP contribution in [0.15, 0.2) is 54.9 Å². The van der Waals surface area contributed by atoms with Gasteiger partial charge in [0.25, 0.3) is 5.91 Å². The van der Waals surface area contributed by atoms with E-state index in [1.807, 2.05) is 30.3 Å². The SMILES string of the molecule is O=C1NCCC(c2ccc(Cl)cc2)c2sc(-c3ccncc3)cc21. The minimum Gasteiger partial charge on any atom is -0.352 e. The fourth-order valence-electron chi connectivity index (χ4n) is 3.07. The molecule has 0 aliphatic carbocycles. The second-order valence-corrected chi connectivity index (χ2v) is 7.29. The number of benzene rings is 1. The summed E-state index contributed by atoms with van der Waals surface area (Å²) >= 11 is 7.71. The van der Waals surface area contributed by atoms with Gasteiger partial charge in [-0.2, -0.15) is 0 Å². The highest BCUT2D eigenvalue weighted by atomic mass is 35.5. The summed E-state index contributed by atoms with van der Waals surface area (Å²) in [6.07, 6.45) is 4.44. The molecule has 1 aromatic carbocycles. The molecule has 0 fully saturated rings.